The Kier molecular flexibility index (Phi) is 19.8. The van der Waals surface area contributed by atoms with Gasteiger partial charge in [-0.1, -0.05) is 64.7 Å². The first-order valence-corrected chi connectivity index (χ1v) is 11.9. The fourth-order valence-corrected chi connectivity index (χ4v) is 3.31. The van der Waals surface area contributed by atoms with Crippen LogP contribution in [0.5, 0.6) is 0 Å². The Labute approximate surface area is 173 Å². The van der Waals surface area contributed by atoms with E-state index >= 15 is 0 Å². The van der Waals surface area contributed by atoms with E-state index in [4.69, 9.17) is 23.7 Å². The highest BCUT2D eigenvalue weighted by Gasteiger charge is 2.13. The summed E-state index contributed by atoms with van der Waals surface area (Å²) in [5.74, 6) is 0. The minimum atomic E-state index is -0.0266. The monoisotopic (exact) mass is 402 g/mol. The number of rotatable bonds is 21. The van der Waals surface area contributed by atoms with Gasteiger partial charge in [-0.05, 0) is 25.7 Å². The molecule has 28 heavy (non-hydrogen) atoms. The van der Waals surface area contributed by atoms with Gasteiger partial charge in [-0.15, -0.1) is 0 Å². The van der Waals surface area contributed by atoms with Crippen LogP contribution in [0.4, 0.5) is 0 Å². The topological polar surface area (TPSA) is 46.2 Å². The lowest BCUT2D eigenvalue weighted by Crippen LogP contribution is -2.24. The van der Waals surface area contributed by atoms with E-state index in [2.05, 4.69) is 6.92 Å². The number of hydrogen-bond acceptors (Lipinski definition) is 5. The van der Waals surface area contributed by atoms with Crippen molar-refractivity contribution in [2.75, 3.05) is 52.9 Å². The Hall–Kier alpha value is -0.200. The standard InChI is InChI=1S/C23H46O5/c1-2-3-4-5-6-7-8-9-10-12-15-24-17-18-25-19-20-26-21-22-28-23-14-11-13-16-27-23/h23H,2-22H2,1H3. The Morgan fingerprint density at radius 3 is 1.71 bits per heavy atom. The molecule has 1 aliphatic heterocycles. The molecule has 0 aromatic heterocycles. The van der Waals surface area contributed by atoms with Crippen LogP contribution in [0.3, 0.4) is 0 Å². The summed E-state index contributed by atoms with van der Waals surface area (Å²) in [5.41, 5.74) is 0. The average molecular weight is 403 g/mol. The van der Waals surface area contributed by atoms with E-state index in [0.29, 0.717) is 39.6 Å². The molecule has 0 N–H and O–H groups in total. The maximum atomic E-state index is 5.62. The third-order valence-corrected chi connectivity index (χ3v) is 5.06. The second-order valence-corrected chi connectivity index (χ2v) is 7.69. The van der Waals surface area contributed by atoms with Crippen LogP contribution in [0.1, 0.15) is 90.4 Å². The van der Waals surface area contributed by atoms with Gasteiger partial charge in [-0.25, -0.2) is 0 Å². The fourth-order valence-electron chi connectivity index (χ4n) is 3.31. The number of unbranched alkanes of at least 4 members (excludes halogenated alkanes) is 9. The van der Waals surface area contributed by atoms with E-state index in [9.17, 15) is 0 Å². The molecule has 1 saturated heterocycles. The molecule has 0 spiro atoms. The summed E-state index contributed by atoms with van der Waals surface area (Å²) in [7, 11) is 0. The highest BCUT2D eigenvalue weighted by molar-refractivity contribution is 4.53. The van der Waals surface area contributed by atoms with Crippen LogP contribution < -0.4 is 0 Å². The van der Waals surface area contributed by atoms with Crippen molar-refractivity contribution in [2.45, 2.75) is 96.7 Å². The van der Waals surface area contributed by atoms with Crippen LogP contribution in [0.15, 0.2) is 0 Å². The predicted molar refractivity (Wildman–Crippen MR) is 114 cm³/mol. The predicted octanol–water partition coefficient (Wildman–Crippen LogP) is 5.50. The number of hydrogen-bond donors (Lipinski definition) is 0. The fraction of sp³-hybridized carbons (Fsp3) is 1.00. The Morgan fingerprint density at radius 1 is 0.607 bits per heavy atom. The summed E-state index contributed by atoms with van der Waals surface area (Å²) in [6, 6.07) is 0. The van der Waals surface area contributed by atoms with Crippen molar-refractivity contribution in [2.24, 2.45) is 0 Å². The lowest BCUT2D eigenvalue weighted by Gasteiger charge is -2.22. The van der Waals surface area contributed by atoms with Crippen molar-refractivity contribution in [1.82, 2.24) is 0 Å². The van der Waals surface area contributed by atoms with Gasteiger partial charge in [-0.3, -0.25) is 0 Å². The number of ether oxygens (including phenoxy) is 5. The van der Waals surface area contributed by atoms with E-state index in [1.54, 1.807) is 0 Å². The molecule has 168 valence electrons. The van der Waals surface area contributed by atoms with Crippen molar-refractivity contribution in [3.63, 3.8) is 0 Å². The molecule has 0 saturated carbocycles. The van der Waals surface area contributed by atoms with Gasteiger partial charge in [0.1, 0.15) is 0 Å². The van der Waals surface area contributed by atoms with E-state index in [1.807, 2.05) is 0 Å². The molecule has 5 nitrogen and oxygen atoms in total. The van der Waals surface area contributed by atoms with E-state index in [-0.39, 0.29) is 6.29 Å². The molecule has 0 aromatic carbocycles. The SMILES string of the molecule is CCCCCCCCCCCCOCCOCCOCCOC1CCCCO1. The maximum absolute atomic E-state index is 5.62. The Balaban J connectivity index is 1.64. The van der Waals surface area contributed by atoms with Gasteiger partial charge in [0.2, 0.25) is 0 Å². The zero-order valence-corrected chi connectivity index (χ0v) is 18.5. The molecule has 1 unspecified atom stereocenters. The zero-order valence-electron chi connectivity index (χ0n) is 18.5. The second kappa shape index (κ2) is 21.5. The highest BCUT2D eigenvalue weighted by atomic mass is 16.7. The van der Waals surface area contributed by atoms with Crippen LogP contribution in [0.25, 0.3) is 0 Å². The normalized spacial score (nSPS) is 17.2. The molecular formula is C23H46O5. The molecule has 1 aliphatic rings. The third-order valence-electron chi connectivity index (χ3n) is 5.06. The van der Waals surface area contributed by atoms with Crippen molar-refractivity contribution in [3.8, 4) is 0 Å². The van der Waals surface area contributed by atoms with Crippen LogP contribution in [0.2, 0.25) is 0 Å². The highest BCUT2D eigenvalue weighted by Crippen LogP contribution is 2.13. The first kappa shape index (κ1) is 25.8. The quantitative estimate of drug-likeness (QED) is 0.237. The summed E-state index contributed by atoms with van der Waals surface area (Å²) < 4.78 is 27.7. The summed E-state index contributed by atoms with van der Waals surface area (Å²) in [4.78, 5) is 0. The molecule has 5 heteroatoms. The Bertz CT molecular complexity index is 295. The van der Waals surface area contributed by atoms with E-state index in [0.717, 1.165) is 26.1 Å². The molecule has 0 aliphatic carbocycles. The second-order valence-electron chi connectivity index (χ2n) is 7.69. The van der Waals surface area contributed by atoms with Crippen molar-refractivity contribution < 1.29 is 23.7 Å². The average Bonchev–Trinajstić information content (AvgIpc) is 2.73. The minimum Gasteiger partial charge on any atom is -0.379 e. The first-order chi connectivity index (χ1) is 13.9. The van der Waals surface area contributed by atoms with Gasteiger partial charge < -0.3 is 23.7 Å². The van der Waals surface area contributed by atoms with Gasteiger partial charge in [0.05, 0.1) is 39.6 Å². The molecule has 0 radical (unpaired) electrons. The maximum Gasteiger partial charge on any atom is 0.157 e. The summed E-state index contributed by atoms with van der Waals surface area (Å²) >= 11 is 0. The molecule has 0 aromatic rings. The lowest BCUT2D eigenvalue weighted by atomic mass is 10.1. The zero-order chi connectivity index (χ0) is 20.0. The van der Waals surface area contributed by atoms with Crippen LogP contribution in [0, 0.1) is 0 Å². The molecular weight excluding hydrogens is 356 g/mol. The van der Waals surface area contributed by atoms with Crippen molar-refractivity contribution >= 4 is 0 Å². The van der Waals surface area contributed by atoms with Gasteiger partial charge in [-0.2, -0.15) is 0 Å². The van der Waals surface area contributed by atoms with Crippen molar-refractivity contribution in [3.05, 3.63) is 0 Å². The van der Waals surface area contributed by atoms with Gasteiger partial charge >= 0.3 is 0 Å². The van der Waals surface area contributed by atoms with Crippen LogP contribution in [-0.4, -0.2) is 59.1 Å². The van der Waals surface area contributed by atoms with Crippen LogP contribution >= 0.6 is 0 Å². The molecule has 1 rings (SSSR count). The molecule has 0 bridgehead atoms. The smallest absolute Gasteiger partial charge is 0.157 e. The molecule has 1 fully saturated rings. The summed E-state index contributed by atoms with van der Waals surface area (Å²) in [6.07, 6.45) is 16.9. The van der Waals surface area contributed by atoms with E-state index < -0.39 is 0 Å². The van der Waals surface area contributed by atoms with E-state index in [1.165, 1.54) is 70.6 Å². The molecule has 1 atom stereocenters. The summed E-state index contributed by atoms with van der Waals surface area (Å²) in [5, 5.41) is 0. The lowest BCUT2D eigenvalue weighted by molar-refractivity contribution is -0.169. The molecule has 1 heterocycles. The van der Waals surface area contributed by atoms with Crippen LogP contribution in [-0.2, 0) is 23.7 Å². The molecule has 0 amide bonds. The largest absolute Gasteiger partial charge is 0.379 e. The van der Waals surface area contributed by atoms with Crippen molar-refractivity contribution in [1.29, 1.82) is 0 Å². The van der Waals surface area contributed by atoms with Gasteiger partial charge in [0, 0.05) is 13.2 Å². The summed E-state index contributed by atoms with van der Waals surface area (Å²) in [6.45, 7) is 7.68. The minimum absolute atomic E-state index is 0.0266. The van der Waals surface area contributed by atoms with Gasteiger partial charge in [0.25, 0.3) is 0 Å². The Morgan fingerprint density at radius 2 is 1.14 bits per heavy atom. The van der Waals surface area contributed by atoms with Gasteiger partial charge in [0.15, 0.2) is 6.29 Å². The first-order valence-electron chi connectivity index (χ1n) is 11.9. The third kappa shape index (κ3) is 17.9.